The second-order valence-electron chi connectivity index (χ2n) is 4.46. The fourth-order valence-corrected chi connectivity index (χ4v) is 2.22. The third-order valence-electron chi connectivity index (χ3n) is 2.94. The molecule has 0 aliphatic heterocycles. The summed E-state index contributed by atoms with van der Waals surface area (Å²) in [7, 11) is 0. The highest BCUT2D eigenvalue weighted by molar-refractivity contribution is 9.10. The van der Waals surface area contributed by atoms with E-state index in [2.05, 4.69) is 61.1 Å². The molecule has 1 atom stereocenters. The Hall–Kier alpha value is -0.500. The van der Waals surface area contributed by atoms with E-state index in [0.717, 1.165) is 0 Å². The lowest BCUT2D eigenvalue weighted by Gasteiger charge is -2.19. The Labute approximate surface area is 108 Å². The summed E-state index contributed by atoms with van der Waals surface area (Å²) < 4.78 is 1.22. The summed E-state index contributed by atoms with van der Waals surface area (Å²) in [6.07, 6.45) is 3.66. The summed E-state index contributed by atoms with van der Waals surface area (Å²) in [5, 5.41) is 3.62. The predicted molar refractivity (Wildman–Crippen MR) is 76.2 cm³/mol. The summed E-state index contributed by atoms with van der Waals surface area (Å²) in [6, 6.07) is 5.04. The number of rotatable bonds is 5. The van der Waals surface area contributed by atoms with Crippen LogP contribution in [-0.4, -0.2) is 6.04 Å². The van der Waals surface area contributed by atoms with Crippen LogP contribution in [0.25, 0.3) is 0 Å². The molecule has 1 aromatic rings. The van der Waals surface area contributed by atoms with Crippen LogP contribution in [0.15, 0.2) is 16.6 Å². The van der Waals surface area contributed by atoms with Crippen LogP contribution in [0, 0.1) is 13.8 Å². The third-order valence-corrected chi connectivity index (χ3v) is 4.19. The smallest absolute Gasteiger partial charge is 0.0348 e. The van der Waals surface area contributed by atoms with Crippen molar-refractivity contribution in [2.24, 2.45) is 0 Å². The Balaban J connectivity index is 2.80. The topological polar surface area (TPSA) is 12.0 Å². The number of halogens is 1. The first-order valence-corrected chi connectivity index (χ1v) is 6.91. The van der Waals surface area contributed by atoms with Gasteiger partial charge in [-0.1, -0.05) is 36.2 Å². The van der Waals surface area contributed by atoms with Gasteiger partial charge in [0.2, 0.25) is 0 Å². The predicted octanol–water partition coefficient (Wildman–Crippen LogP) is 5.06. The Kier molecular flexibility index (Phi) is 5.33. The molecule has 0 bridgehead atoms. The number of hydrogen-bond acceptors (Lipinski definition) is 1. The average molecular weight is 284 g/mol. The maximum absolute atomic E-state index is 3.62. The highest BCUT2D eigenvalue weighted by Crippen LogP contribution is 2.25. The van der Waals surface area contributed by atoms with Crippen molar-refractivity contribution < 1.29 is 0 Å². The molecule has 1 N–H and O–H groups in total. The Morgan fingerprint density at radius 3 is 2.19 bits per heavy atom. The van der Waals surface area contributed by atoms with Gasteiger partial charge in [-0.05, 0) is 49.9 Å². The van der Waals surface area contributed by atoms with E-state index in [9.17, 15) is 0 Å². The Morgan fingerprint density at radius 2 is 1.75 bits per heavy atom. The monoisotopic (exact) mass is 283 g/mol. The molecule has 0 aromatic heterocycles. The highest BCUT2D eigenvalue weighted by atomic mass is 79.9. The summed E-state index contributed by atoms with van der Waals surface area (Å²) in [5.74, 6) is 0. The number of anilines is 1. The minimum atomic E-state index is 0.602. The van der Waals surface area contributed by atoms with Crippen molar-refractivity contribution in [3.63, 3.8) is 0 Å². The summed E-state index contributed by atoms with van der Waals surface area (Å²) >= 11 is 3.60. The van der Waals surface area contributed by atoms with Crippen molar-refractivity contribution >= 4 is 21.6 Å². The summed E-state index contributed by atoms with van der Waals surface area (Å²) in [4.78, 5) is 0. The van der Waals surface area contributed by atoms with E-state index in [0.29, 0.717) is 6.04 Å². The SMILES string of the molecule is CCCC(CC)Nc1cc(C)c(Br)c(C)c1. The minimum Gasteiger partial charge on any atom is -0.382 e. The average Bonchev–Trinajstić information content (AvgIpc) is 2.25. The van der Waals surface area contributed by atoms with Crippen LogP contribution >= 0.6 is 15.9 Å². The first-order valence-electron chi connectivity index (χ1n) is 6.11. The van der Waals surface area contributed by atoms with Crippen molar-refractivity contribution in [2.75, 3.05) is 5.32 Å². The van der Waals surface area contributed by atoms with Gasteiger partial charge in [-0.2, -0.15) is 0 Å². The van der Waals surface area contributed by atoms with Crippen LogP contribution in [0.5, 0.6) is 0 Å². The molecule has 1 unspecified atom stereocenters. The fraction of sp³-hybridized carbons (Fsp3) is 0.571. The second-order valence-corrected chi connectivity index (χ2v) is 5.26. The lowest BCUT2D eigenvalue weighted by molar-refractivity contribution is 0.622. The maximum Gasteiger partial charge on any atom is 0.0348 e. The van der Waals surface area contributed by atoms with Crippen LogP contribution in [-0.2, 0) is 0 Å². The summed E-state index contributed by atoms with van der Waals surface area (Å²) in [6.45, 7) is 8.76. The molecule has 2 heteroatoms. The van der Waals surface area contributed by atoms with E-state index >= 15 is 0 Å². The van der Waals surface area contributed by atoms with Crippen LogP contribution in [0.2, 0.25) is 0 Å². The molecule has 0 radical (unpaired) electrons. The molecule has 0 spiro atoms. The van der Waals surface area contributed by atoms with Crippen molar-refractivity contribution in [2.45, 2.75) is 53.0 Å². The zero-order valence-corrected chi connectivity index (χ0v) is 12.3. The van der Waals surface area contributed by atoms with E-state index in [1.165, 1.54) is 40.5 Å². The van der Waals surface area contributed by atoms with Gasteiger partial charge in [-0.25, -0.2) is 0 Å². The lowest BCUT2D eigenvalue weighted by Crippen LogP contribution is -2.18. The Bertz CT molecular complexity index is 324. The van der Waals surface area contributed by atoms with Gasteiger partial charge in [0.05, 0.1) is 0 Å². The molecule has 0 heterocycles. The standard InChI is InChI=1S/C14H22BrN/c1-5-7-12(6-2)16-13-8-10(3)14(15)11(4)9-13/h8-9,12,16H,5-7H2,1-4H3. The van der Waals surface area contributed by atoms with Crippen LogP contribution in [0.3, 0.4) is 0 Å². The van der Waals surface area contributed by atoms with E-state index in [1.54, 1.807) is 0 Å². The fourth-order valence-electron chi connectivity index (χ4n) is 1.99. The summed E-state index contributed by atoms with van der Waals surface area (Å²) in [5.41, 5.74) is 3.85. The van der Waals surface area contributed by atoms with Crippen molar-refractivity contribution in [1.82, 2.24) is 0 Å². The van der Waals surface area contributed by atoms with Crippen LogP contribution in [0.1, 0.15) is 44.2 Å². The molecular weight excluding hydrogens is 262 g/mol. The number of nitrogens with one attached hydrogen (secondary N) is 1. The molecule has 1 aromatic carbocycles. The number of hydrogen-bond donors (Lipinski definition) is 1. The van der Waals surface area contributed by atoms with E-state index < -0.39 is 0 Å². The van der Waals surface area contributed by atoms with Gasteiger partial charge in [0.1, 0.15) is 0 Å². The van der Waals surface area contributed by atoms with E-state index in [1.807, 2.05) is 0 Å². The van der Waals surface area contributed by atoms with Crippen molar-refractivity contribution in [3.8, 4) is 0 Å². The lowest BCUT2D eigenvalue weighted by atomic mass is 10.1. The van der Waals surface area contributed by atoms with Gasteiger partial charge in [0, 0.05) is 16.2 Å². The quantitative estimate of drug-likeness (QED) is 0.797. The molecule has 0 amide bonds. The maximum atomic E-state index is 3.62. The van der Waals surface area contributed by atoms with Gasteiger partial charge >= 0.3 is 0 Å². The van der Waals surface area contributed by atoms with Gasteiger partial charge in [0.15, 0.2) is 0 Å². The third kappa shape index (κ3) is 3.51. The highest BCUT2D eigenvalue weighted by Gasteiger charge is 2.07. The minimum absolute atomic E-state index is 0.602. The van der Waals surface area contributed by atoms with Crippen LogP contribution in [0.4, 0.5) is 5.69 Å². The molecule has 1 rings (SSSR count). The van der Waals surface area contributed by atoms with Gasteiger partial charge < -0.3 is 5.32 Å². The van der Waals surface area contributed by atoms with Crippen LogP contribution < -0.4 is 5.32 Å². The molecule has 0 fully saturated rings. The second kappa shape index (κ2) is 6.29. The van der Waals surface area contributed by atoms with Crippen molar-refractivity contribution in [3.05, 3.63) is 27.7 Å². The largest absolute Gasteiger partial charge is 0.382 e. The molecule has 0 saturated heterocycles. The van der Waals surface area contributed by atoms with E-state index in [-0.39, 0.29) is 0 Å². The Morgan fingerprint density at radius 1 is 1.19 bits per heavy atom. The zero-order chi connectivity index (χ0) is 12.1. The molecule has 16 heavy (non-hydrogen) atoms. The molecule has 0 saturated carbocycles. The first-order chi connectivity index (χ1) is 7.58. The van der Waals surface area contributed by atoms with Gasteiger partial charge in [0.25, 0.3) is 0 Å². The van der Waals surface area contributed by atoms with E-state index in [4.69, 9.17) is 0 Å². The van der Waals surface area contributed by atoms with Gasteiger partial charge in [-0.15, -0.1) is 0 Å². The van der Waals surface area contributed by atoms with Gasteiger partial charge in [-0.3, -0.25) is 0 Å². The number of benzene rings is 1. The zero-order valence-electron chi connectivity index (χ0n) is 10.7. The molecule has 90 valence electrons. The number of aryl methyl sites for hydroxylation is 2. The molecule has 0 aliphatic rings. The van der Waals surface area contributed by atoms with Crippen molar-refractivity contribution in [1.29, 1.82) is 0 Å². The first kappa shape index (κ1) is 13.6. The normalized spacial score (nSPS) is 12.6. The molecule has 1 nitrogen and oxygen atoms in total. The molecule has 0 aliphatic carbocycles. The molecular formula is C14H22BrN.